The van der Waals surface area contributed by atoms with E-state index in [2.05, 4.69) is 4.98 Å². The first kappa shape index (κ1) is 16.5. The van der Waals surface area contributed by atoms with Crippen molar-refractivity contribution in [3.05, 3.63) is 54.4 Å². The van der Waals surface area contributed by atoms with Gasteiger partial charge < -0.3 is 9.80 Å². The predicted molar refractivity (Wildman–Crippen MR) is 94.8 cm³/mol. The number of rotatable bonds is 5. The molecule has 1 aromatic heterocycles. The molecule has 0 fully saturated rings. The number of hydrogen-bond acceptors (Lipinski definition) is 4. The van der Waals surface area contributed by atoms with Gasteiger partial charge in [-0.15, -0.1) is 11.8 Å². The van der Waals surface area contributed by atoms with Crippen molar-refractivity contribution >= 4 is 29.3 Å². The van der Waals surface area contributed by atoms with Gasteiger partial charge in [-0.05, 0) is 23.8 Å². The summed E-state index contributed by atoms with van der Waals surface area (Å²) in [5.74, 6) is 0.500. The third-order valence-electron chi connectivity index (χ3n) is 3.93. The molecule has 0 N–H and O–H groups in total. The number of amides is 2. The van der Waals surface area contributed by atoms with Crippen molar-refractivity contribution in [2.24, 2.45) is 0 Å². The third-order valence-corrected chi connectivity index (χ3v) is 4.97. The van der Waals surface area contributed by atoms with Crippen LogP contribution in [0.1, 0.15) is 12.0 Å². The van der Waals surface area contributed by atoms with Gasteiger partial charge in [-0.1, -0.05) is 18.2 Å². The van der Waals surface area contributed by atoms with Gasteiger partial charge in [-0.3, -0.25) is 14.6 Å². The van der Waals surface area contributed by atoms with E-state index < -0.39 is 0 Å². The van der Waals surface area contributed by atoms with Crippen molar-refractivity contribution in [3.8, 4) is 0 Å². The topological polar surface area (TPSA) is 53.5 Å². The molecule has 2 aromatic rings. The average molecular weight is 341 g/mol. The fourth-order valence-corrected chi connectivity index (χ4v) is 3.59. The number of carbonyl (C=O) groups excluding carboxylic acids is 2. The van der Waals surface area contributed by atoms with Gasteiger partial charge >= 0.3 is 0 Å². The number of thioether (sulfide) groups is 1. The molecule has 0 bridgehead atoms. The number of hydrogen-bond donors (Lipinski definition) is 0. The Morgan fingerprint density at radius 3 is 2.92 bits per heavy atom. The molecule has 0 saturated heterocycles. The summed E-state index contributed by atoms with van der Waals surface area (Å²) in [7, 11) is 1.77. The van der Waals surface area contributed by atoms with E-state index in [1.807, 2.05) is 36.4 Å². The monoisotopic (exact) mass is 341 g/mol. The number of pyridine rings is 1. The van der Waals surface area contributed by atoms with Gasteiger partial charge in [0.25, 0.3) is 0 Å². The molecular formula is C18H19N3O2S. The maximum absolute atomic E-state index is 12.4. The standard InChI is InChI=1S/C18H19N3O2S/c1-20(12-14-5-4-9-19-11-14)17(22)8-10-21-15-6-2-3-7-16(15)24-13-18(21)23/h2-7,9,11H,8,10,12-13H2,1H3. The molecule has 0 aliphatic carbocycles. The Morgan fingerprint density at radius 2 is 2.12 bits per heavy atom. The zero-order valence-corrected chi connectivity index (χ0v) is 14.3. The quantitative estimate of drug-likeness (QED) is 0.839. The second-order valence-corrected chi connectivity index (χ2v) is 6.68. The summed E-state index contributed by atoms with van der Waals surface area (Å²) in [5, 5.41) is 0. The van der Waals surface area contributed by atoms with Gasteiger partial charge in [0.15, 0.2) is 0 Å². The molecule has 0 atom stereocenters. The molecule has 1 aliphatic rings. The van der Waals surface area contributed by atoms with Crippen molar-refractivity contribution in [3.63, 3.8) is 0 Å². The predicted octanol–water partition coefficient (Wildman–Crippen LogP) is 2.57. The molecule has 6 heteroatoms. The highest BCUT2D eigenvalue weighted by atomic mass is 32.2. The third kappa shape index (κ3) is 3.76. The normalized spacial score (nSPS) is 13.5. The lowest BCUT2D eigenvalue weighted by atomic mass is 10.2. The van der Waals surface area contributed by atoms with Crippen LogP contribution in [0.3, 0.4) is 0 Å². The summed E-state index contributed by atoms with van der Waals surface area (Å²) >= 11 is 1.55. The van der Waals surface area contributed by atoms with Crippen molar-refractivity contribution < 1.29 is 9.59 Å². The van der Waals surface area contributed by atoms with Crippen molar-refractivity contribution in [2.75, 3.05) is 24.2 Å². The molecule has 5 nitrogen and oxygen atoms in total. The fraction of sp³-hybridized carbons (Fsp3) is 0.278. The van der Waals surface area contributed by atoms with E-state index in [1.54, 1.807) is 41.0 Å². The number of fused-ring (bicyclic) bond motifs is 1. The van der Waals surface area contributed by atoms with E-state index in [1.165, 1.54) is 0 Å². The first-order valence-electron chi connectivity index (χ1n) is 7.80. The van der Waals surface area contributed by atoms with Crippen molar-refractivity contribution in [1.29, 1.82) is 0 Å². The van der Waals surface area contributed by atoms with Gasteiger partial charge in [0.1, 0.15) is 0 Å². The van der Waals surface area contributed by atoms with Crippen LogP contribution < -0.4 is 4.90 Å². The minimum atomic E-state index is 0.0161. The zero-order chi connectivity index (χ0) is 16.9. The van der Waals surface area contributed by atoms with Crippen LogP contribution in [0.2, 0.25) is 0 Å². The van der Waals surface area contributed by atoms with Crippen molar-refractivity contribution in [1.82, 2.24) is 9.88 Å². The summed E-state index contributed by atoms with van der Waals surface area (Å²) in [6.07, 6.45) is 3.77. The summed E-state index contributed by atoms with van der Waals surface area (Å²) in [4.78, 5) is 33.1. The molecule has 0 spiro atoms. The van der Waals surface area contributed by atoms with E-state index in [-0.39, 0.29) is 11.8 Å². The molecule has 1 aromatic carbocycles. The highest BCUT2D eigenvalue weighted by molar-refractivity contribution is 8.00. The van der Waals surface area contributed by atoms with Crippen LogP contribution in [0.25, 0.3) is 0 Å². The molecule has 1 aliphatic heterocycles. The maximum atomic E-state index is 12.4. The molecule has 124 valence electrons. The van der Waals surface area contributed by atoms with Crippen LogP contribution >= 0.6 is 11.8 Å². The number of benzene rings is 1. The van der Waals surface area contributed by atoms with Crippen LogP contribution in [-0.4, -0.2) is 41.0 Å². The first-order valence-corrected chi connectivity index (χ1v) is 8.79. The van der Waals surface area contributed by atoms with Gasteiger partial charge in [-0.2, -0.15) is 0 Å². The van der Waals surface area contributed by atoms with Gasteiger partial charge in [0.2, 0.25) is 11.8 Å². The van der Waals surface area contributed by atoms with E-state index in [4.69, 9.17) is 0 Å². The lowest BCUT2D eigenvalue weighted by molar-refractivity contribution is -0.130. The van der Waals surface area contributed by atoms with E-state index in [0.717, 1.165) is 16.1 Å². The Balaban J connectivity index is 1.61. The van der Waals surface area contributed by atoms with Crippen LogP contribution in [0.15, 0.2) is 53.7 Å². The summed E-state index contributed by atoms with van der Waals surface area (Å²) < 4.78 is 0. The van der Waals surface area contributed by atoms with E-state index >= 15 is 0 Å². The molecule has 24 heavy (non-hydrogen) atoms. The second kappa shape index (κ2) is 7.49. The maximum Gasteiger partial charge on any atom is 0.237 e. The Kier molecular flexibility index (Phi) is 5.15. The largest absolute Gasteiger partial charge is 0.341 e. The molecule has 0 radical (unpaired) electrons. The lowest BCUT2D eigenvalue weighted by Gasteiger charge is -2.29. The summed E-state index contributed by atoms with van der Waals surface area (Å²) in [6.45, 7) is 0.930. The number of anilines is 1. The van der Waals surface area contributed by atoms with Gasteiger partial charge in [0, 0.05) is 43.8 Å². The number of para-hydroxylation sites is 1. The zero-order valence-electron chi connectivity index (χ0n) is 13.5. The Hall–Kier alpha value is -2.34. The van der Waals surface area contributed by atoms with Crippen LogP contribution in [0, 0.1) is 0 Å². The van der Waals surface area contributed by atoms with E-state index in [0.29, 0.717) is 25.3 Å². The molecule has 0 unspecified atom stereocenters. The van der Waals surface area contributed by atoms with Crippen molar-refractivity contribution in [2.45, 2.75) is 17.9 Å². The van der Waals surface area contributed by atoms with Crippen LogP contribution in [0.5, 0.6) is 0 Å². The Morgan fingerprint density at radius 1 is 1.29 bits per heavy atom. The lowest BCUT2D eigenvalue weighted by Crippen LogP contribution is -2.38. The number of nitrogens with zero attached hydrogens (tertiary/aromatic N) is 3. The smallest absolute Gasteiger partial charge is 0.237 e. The SMILES string of the molecule is CN(Cc1cccnc1)C(=O)CCN1C(=O)CSc2ccccc21. The van der Waals surface area contributed by atoms with Gasteiger partial charge in [0.05, 0.1) is 11.4 Å². The van der Waals surface area contributed by atoms with Crippen LogP contribution in [-0.2, 0) is 16.1 Å². The Labute approximate surface area is 145 Å². The Bertz CT molecular complexity index is 736. The molecule has 2 amide bonds. The second-order valence-electron chi connectivity index (χ2n) is 5.66. The van der Waals surface area contributed by atoms with Gasteiger partial charge in [-0.25, -0.2) is 0 Å². The average Bonchev–Trinajstić information content (AvgIpc) is 2.61. The molecule has 0 saturated carbocycles. The minimum Gasteiger partial charge on any atom is -0.341 e. The van der Waals surface area contributed by atoms with E-state index in [9.17, 15) is 9.59 Å². The number of aromatic nitrogens is 1. The molecule has 3 rings (SSSR count). The summed E-state index contributed by atoms with van der Waals surface area (Å²) in [6, 6.07) is 11.6. The highest BCUT2D eigenvalue weighted by Crippen LogP contribution is 2.34. The minimum absolute atomic E-state index is 0.0161. The summed E-state index contributed by atoms with van der Waals surface area (Å²) in [5.41, 5.74) is 1.89. The van der Waals surface area contributed by atoms with Crippen LogP contribution in [0.4, 0.5) is 5.69 Å². The molecular weight excluding hydrogens is 322 g/mol. The molecule has 2 heterocycles. The number of carbonyl (C=O) groups is 2. The fourth-order valence-electron chi connectivity index (χ4n) is 2.65. The first-order chi connectivity index (χ1) is 11.6. The highest BCUT2D eigenvalue weighted by Gasteiger charge is 2.25.